The van der Waals surface area contributed by atoms with E-state index < -0.39 is 10.8 Å². The minimum Gasteiger partial charge on any atom is -1.00 e. The van der Waals surface area contributed by atoms with Gasteiger partial charge in [0.05, 0.1) is 34.2 Å². The number of nitrogens with one attached hydrogen (secondary N) is 2. The second kappa shape index (κ2) is 27.4. The molecule has 0 saturated heterocycles. The molecule has 6 rings (SSSR count). The van der Waals surface area contributed by atoms with Gasteiger partial charge >= 0.3 is 39.0 Å². The molecule has 0 unspecified atom stereocenters. The van der Waals surface area contributed by atoms with E-state index in [1.165, 1.54) is 61.2 Å². The molecule has 0 amide bonds. The van der Waals surface area contributed by atoms with Gasteiger partial charge in [-0.05, 0) is 108 Å². The molecule has 14 nitrogen and oxygen atoms in total. The van der Waals surface area contributed by atoms with Gasteiger partial charge in [-0.2, -0.15) is 30.7 Å². The van der Waals surface area contributed by atoms with E-state index in [0.29, 0.717) is 34.2 Å². The van der Waals surface area contributed by atoms with Gasteiger partial charge in [0, 0.05) is 23.2 Å². The van der Waals surface area contributed by atoms with Gasteiger partial charge in [-0.25, -0.2) is 18.7 Å². The topological polar surface area (TPSA) is 185 Å². The number of nitrogens with zero attached hydrogens (tertiary/aromatic N) is 8. The van der Waals surface area contributed by atoms with Crippen molar-refractivity contribution in [3.05, 3.63) is 145 Å². The van der Waals surface area contributed by atoms with E-state index in [4.69, 9.17) is 9.47 Å². The number of Topliss-reactive ketones (excluding diaryl/α,β-unsaturated/α-hetero) is 2. The maximum Gasteiger partial charge on any atom is 2.00 e. The summed E-state index contributed by atoms with van der Waals surface area (Å²) in [6, 6.07) is 24.9. The summed E-state index contributed by atoms with van der Waals surface area (Å²) in [4.78, 5) is 33.5. The van der Waals surface area contributed by atoms with Crippen molar-refractivity contribution < 1.29 is 116 Å². The second-order valence-corrected chi connectivity index (χ2v) is 14.0. The van der Waals surface area contributed by atoms with Crippen LogP contribution in [0.5, 0.6) is 11.5 Å². The zero-order chi connectivity index (χ0) is 40.3. The monoisotopic (exact) mass is 1030 g/mol. The summed E-state index contributed by atoms with van der Waals surface area (Å²) in [5.41, 5.74) is 0.952. The molecule has 320 valence electrons. The van der Waals surface area contributed by atoms with Crippen LogP contribution < -0.4 is 59.1 Å². The summed E-state index contributed by atoms with van der Waals surface area (Å²) >= 11 is 0. The van der Waals surface area contributed by atoms with Gasteiger partial charge in [-0.3, -0.25) is 10.2 Å². The Bertz CT molecular complexity index is 2090. The van der Waals surface area contributed by atoms with E-state index in [1.807, 2.05) is 0 Å². The van der Waals surface area contributed by atoms with Gasteiger partial charge in [-0.1, -0.05) is 53.8 Å². The third kappa shape index (κ3) is 18.0. The number of aromatic nitrogens is 6. The van der Waals surface area contributed by atoms with E-state index in [0.717, 1.165) is 0 Å². The van der Waals surface area contributed by atoms with Crippen LogP contribution in [0.3, 0.4) is 0 Å². The van der Waals surface area contributed by atoms with Gasteiger partial charge < -0.3 is 68.7 Å². The number of carbonyl (C=O) groups excluding carboxylic acids is 2. The summed E-state index contributed by atoms with van der Waals surface area (Å²) in [5.74, 6) is 0.358. The van der Waals surface area contributed by atoms with Crippen molar-refractivity contribution in [2.45, 2.75) is 41.5 Å². The van der Waals surface area contributed by atoms with E-state index >= 15 is 0 Å². The first-order chi connectivity index (χ1) is 26.7. The van der Waals surface area contributed by atoms with E-state index in [1.54, 1.807) is 90.1 Å². The molecule has 0 atom stereocenters. The molecular formula is C40H38Cl4F2N10O4Zn2-2. The Kier molecular flexibility index (Phi) is 26.2. The van der Waals surface area contributed by atoms with Crippen LogP contribution in [0, 0.1) is 34.7 Å². The summed E-state index contributed by atoms with van der Waals surface area (Å²) < 4.78 is 37.4. The smallest absolute Gasteiger partial charge is 1.00 e. The minimum absolute atomic E-state index is 0. The quantitative estimate of drug-likeness (QED) is 0.0793. The normalized spacial score (nSPS) is 10.5. The zero-order valence-electron chi connectivity index (χ0n) is 34.3. The number of halogens is 6. The first-order valence-electron chi connectivity index (χ1n) is 17.1. The van der Waals surface area contributed by atoms with Crippen molar-refractivity contribution in [3.63, 3.8) is 0 Å². The average molecular weight is 1030 g/mol. The Morgan fingerprint density at radius 3 is 0.984 bits per heavy atom. The van der Waals surface area contributed by atoms with Gasteiger partial charge in [0.2, 0.25) is 0 Å². The van der Waals surface area contributed by atoms with E-state index in [-0.39, 0.29) is 136 Å². The largest absolute Gasteiger partial charge is 2.00 e. The van der Waals surface area contributed by atoms with Crippen LogP contribution in [0.15, 0.2) is 130 Å². The summed E-state index contributed by atoms with van der Waals surface area (Å²) in [6.07, 6.45) is 2.80. The summed E-state index contributed by atoms with van der Waals surface area (Å²) in [5, 5.41) is 29.2. The molecule has 4 aromatic carbocycles. The molecule has 0 radical (unpaired) electrons. The predicted octanol–water partition coefficient (Wildman–Crippen LogP) is -2.12. The summed E-state index contributed by atoms with van der Waals surface area (Å²) in [7, 11) is 0. The van der Waals surface area contributed by atoms with Crippen molar-refractivity contribution >= 4 is 34.3 Å². The first-order valence-corrected chi connectivity index (χ1v) is 17.1. The van der Waals surface area contributed by atoms with Crippen molar-refractivity contribution in [2.75, 3.05) is 0 Å². The van der Waals surface area contributed by atoms with Crippen LogP contribution in [0.2, 0.25) is 0 Å². The molecule has 22 heteroatoms. The predicted molar refractivity (Wildman–Crippen MR) is 202 cm³/mol. The fraction of sp³-hybridized carbons (Fsp3) is 0.200. The Labute approximate surface area is 407 Å². The van der Waals surface area contributed by atoms with E-state index in [9.17, 15) is 18.4 Å². The van der Waals surface area contributed by atoms with Crippen molar-refractivity contribution in [2.24, 2.45) is 31.3 Å². The van der Waals surface area contributed by atoms with Gasteiger partial charge in [0.15, 0.2) is 0 Å². The van der Waals surface area contributed by atoms with Crippen LogP contribution in [0.1, 0.15) is 53.2 Å². The molecule has 0 aliphatic heterocycles. The van der Waals surface area contributed by atoms with Crippen LogP contribution in [0.4, 0.5) is 31.5 Å². The standard InChI is InChI=1S/2C20H19FN5O2.4ClH.2Zn/c2*1-20(2,3)18(27)17(19-22-12-23-26-19)28-16-10-8-15(9-11-16)25-24-14-6-4-13(21)5-7-14;;;;;;/h2*4-12H,1-3H3,(H,22,23,26);4*1H;;/q2*-1;;;;;2*+2/p-4. The molecule has 0 spiro atoms. The number of H-pyrrole nitrogens is 2. The number of ether oxygens (including phenoxy) is 2. The summed E-state index contributed by atoms with van der Waals surface area (Å²) in [6.45, 7) is 10.8. The number of ketones is 2. The minimum atomic E-state index is -0.647. The van der Waals surface area contributed by atoms with Crippen LogP contribution in [0.25, 0.3) is 0 Å². The third-order valence-corrected chi connectivity index (χ3v) is 7.36. The number of carbonyl (C=O) groups is 2. The molecule has 0 fully saturated rings. The number of benzene rings is 4. The Morgan fingerprint density at radius 1 is 0.500 bits per heavy atom. The number of aromatic amines is 2. The fourth-order valence-corrected chi connectivity index (χ4v) is 4.36. The number of hydrogen-bond acceptors (Lipinski definition) is 12. The molecule has 62 heavy (non-hydrogen) atoms. The molecule has 0 bridgehead atoms. The zero-order valence-corrected chi connectivity index (χ0v) is 43.2. The Morgan fingerprint density at radius 2 is 0.758 bits per heavy atom. The van der Waals surface area contributed by atoms with Crippen LogP contribution in [-0.2, 0) is 48.5 Å². The SMILES string of the molecule is CC(C)(C)C(=O)[C-](Oc1ccc(N=Nc2ccc(F)cc2)cc1)c1ncn[nH]1.CC(C)(C)C(=O)[C-](Oc1ccc(N=Nc2ccc(F)cc2)cc1)c1ncn[nH]1.[Cl-].[Cl-].[Cl-].[Cl-].[Zn+2].[Zn+2]. The maximum absolute atomic E-state index is 12.9. The maximum atomic E-state index is 12.9. The number of hydrogen-bond donors (Lipinski definition) is 2. The Balaban J connectivity index is 0. The third-order valence-electron chi connectivity index (χ3n) is 7.36. The molecule has 2 N–H and O–H groups in total. The van der Waals surface area contributed by atoms with Crippen molar-refractivity contribution in [1.29, 1.82) is 0 Å². The van der Waals surface area contributed by atoms with E-state index in [2.05, 4.69) is 50.8 Å². The molecule has 2 aromatic heterocycles. The number of rotatable bonds is 12. The molecule has 0 aliphatic rings. The van der Waals surface area contributed by atoms with Crippen LogP contribution >= 0.6 is 0 Å². The van der Waals surface area contributed by atoms with Gasteiger partial charge in [0.25, 0.3) is 0 Å². The number of azo groups is 2. The first kappa shape index (κ1) is 59.4. The second-order valence-electron chi connectivity index (χ2n) is 14.0. The average Bonchev–Trinajstić information content (AvgIpc) is 3.92. The molecule has 0 saturated carbocycles. The van der Waals surface area contributed by atoms with Crippen LogP contribution in [-0.4, -0.2) is 41.9 Å². The van der Waals surface area contributed by atoms with Gasteiger partial charge in [0.1, 0.15) is 24.3 Å². The molecule has 2 heterocycles. The Hall–Kier alpha value is -4.69. The van der Waals surface area contributed by atoms with Gasteiger partial charge in [-0.15, -0.1) is 0 Å². The molecule has 0 aliphatic carbocycles. The van der Waals surface area contributed by atoms with Crippen molar-refractivity contribution in [3.8, 4) is 11.5 Å². The fourth-order valence-electron chi connectivity index (χ4n) is 4.36. The van der Waals surface area contributed by atoms with Crippen molar-refractivity contribution in [1.82, 2.24) is 30.4 Å². The molecular weight excluding hydrogens is 995 g/mol. The molecule has 6 aromatic rings.